The molecule has 0 radical (unpaired) electrons. The number of hydrogen-bond acceptors (Lipinski definition) is 5. The number of amides is 1. The van der Waals surface area contributed by atoms with Crippen molar-refractivity contribution in [2.45, 2.75) is 31.4 Å². The molecule has 0 heterocycles. The van der Waals surface area contributed by atoms with Crippen LogP contribution in [0.1, 0.15) is 19.3 Å². The quantitative estimate of drug-likeness (QED) is 0.290. The highest BCUT2D eigenvalue weighted by Crippen LogP contribution is 1.96. The molecule has 7 heteroatoms. The molecule has 0 saturated heterocycles. The standard InChI is InChI=1S/C9H16N2O5/c10-6(5-12)4-8(14)11-3-1-2-7(13)9(15)16/h5-7,13H,1-4,10H2,(H,11,14)(H,15,16)/t6-,7-/m0/s1. The highest BCUT2D eigenvalue weighted by molar-refractivity contribution is 5.80. The van der Waals surface area contributed by atoms with Crippen molar-refractivity contribution >= 4 is 18.2 Å². The van der Waals surface area contributed by atoms with Crippen LogP contribution in [0.3, 0.4) is 0 Å². The zero-order valence-corrected chi connectivity index (χ0v) is 8.76. The summed E-state index contributed by atoms with van der Waals surface area (Å²) in [5.74, 6) is -1.65. The number of hydrogen-bond donors (Lipinski definition) is 4. The number of carbonyl (C=O) groups is 3. The molecule has 0 saturated carbocycles. The lowest BCUT2D eigenvalue weighted by molar-refractivity contribution is -0.146. The maximum Gasteiger partial charge on any atom is 0.332 e. The predicted octanol–water partition coefficient (Wildman–Crippen LogP) is -1.76. The van der Waals surface area contributed by atoms with Gasteiger partial charge in [-0.05, 0) is 12.8 Å². The van der Waals surface area contributed by atoms with Gasteiger partial charge in [0.05, 0.1) is 6.04 Å². The average Bonchev–Trinajstić information content (AvgIpc) is 2.23. The first-order valence-electron chi connectivity index (χ1n) is 4.85. The molecule has 0 fully saturated rings. The van der Waals surface area contributed by atoms with Crippen molar-refractivity contribution in [3.63, 3.8) is 0 Å². The lowest BCUT2D eigenvalue weighted by Crippen LogP contribution is -2.33. The van der Waals surface area contributed by atoms with Gasteiger partial charge in [0.1, 0.15) is 6.29 Å². The molecular weight excluding hydrogens is 216 g/mol. The molecule has 0 unspecified atom stereocenters. The summed E-state index contributed by atoms with van der Waals surface area (Å²) in [6.07, 6.45) is -0.613. The third-order valence-corrected chi connectivity index (χ3v) is 1.86. The predicted molar refractivity (Wildman–Crippen MR) is 54.5 cm³/mol. The summed E-state index contributed by atoms with van der Waals surface area (Å²) in [5, 5.41) is 19.7. The molecule has 0 bridgehead atoms. The number of carboxylic acids is 1. The number of carboxylic acid groups (broad SMARTS) is 1. The zero-order chi connectivity index (χ0) is 12.6. The molecule has 0 aliphatic rings. The summed E-state index contributed by atoms with van der Waals surface area (Å²) in [6.45, 7) is 0.245. The fraction of sp³-hybridized carbons (Fsp3) is 0.667. The molecule has 0 aromatic heterocycles. The molecular formula is C9H16N2O5. The Morgan fingerprint density at radius 1 is 1.44 bits per heavy atom. The molecule has 0 aliphatic carbocycles. The first-order chi connectivity index (χ1) is 7.47. The number of aliphatic hydroxyl groups excluding tert-OH is 1. The van der Waals surface area contributed by atoms with E-state index in [1.54, 1.807) is 0 Å². The molecule has 0 aliphatic heterocycles. The Bertz CT molecular complexity index is 256. The molecule has 92 valence electrons. The monoisotopic (exact) mass is 232 g/mol. The van der Waals surface area contributed by atoms with Crippen LogP contribution in [0.5, 0.6) is 0 Å². The Kier molecular flexibility index (Phi) is 7.06. The van der Waals surface area contributed by atoms with Crippen molar-refractivity contribution in [2.24, 2.45) is 5.73 Å². The fourth-order valence-electron chi connectivity index (χ4n) is 0.981. The van der Waals surface area contributed by atoms with E-state index in [4.69, 9.17) is 15.9 Å². The molecule has 1 amide bonds. The van der Waals surface area contributed by atoms with Gasteiger partial charge in [-0.15, -0.1) is 0 Å². The molecule has 0 aromatic carbocycles. The summed E-state index contributed by atoms with van der Waals surface area (Å²) >= 11 is 0. The zero-order valence-electron chi connectivity index (χ0n) is 8.76. The second-order valence-corrected chi connectivity index (χ2v) is 3.35. The van der Waals surface area contributed by atoms with Crippen LogP contribution in [0.25, 0.3) is 0 Å². The van der Waals surface area contributed by atoms with Gasteiger partial charge in [-0.2, -0.15) is 0 Å². The van der Waals surface area contributed by atoms with Gasteiger partial charge in [-0.1, -0.05) is 0 Å². The van der Waals surface area contributed by atoms with E-state index in [-0.39, 0.29) is 25.3 Å². The van der Waals surface area contributed by atoms with E-state index in [1.807, 2.05) is 0 Å². The molecule has 0 spiro atoms. The summed E-state index contributed by atoms with van der Waals surface area (Å²) in [7, 11) is 0. The topological polar surface area (TPSA) is 130 Å². The van der Waals surface area contributed by atoms with Crippen molar-refractivity contribution in [2.75, 3.05) is 6.54 Å². The lowest BCUT2D eigenvalue weighted by Gasteiger charge is -2.07. The van der Waals surface area contributed by atoms with E-state index < -0.39 is 18.1 Å². The summed E-state index contributed by atoms with van der Waals surface area (Å²) in [6, 6.07) is -0.815. The molecule has 16 heavy (non-hydrogen) atoms. The first kappa shape index (κ1) is 14.5. The van der Waals surface area contributed by atoms with Crippen LogP contribution in [0.2, 0.25) is 0 Å². The second-order valence-electron chi connectivity index (χ2n) is 3.35. The van der Waals surface area contributed by atoms with Gasteiger partial charge in [-0.25, -0.2) is 4.79 Å². The third kappa shape index (κ3) is 6.91. The van der Waals surface area contributed by atoms with E-state index in [0.717, 1.165) is 0 Å². The number of rotatable bonds is 8. The van der Waals surface area contributed by atoms with Crippen LogP contribution in [-0.4, -0.2) is 47.1 Å². The number of aliphatic carboxylic acids is 1. The Morgan fingerprint density at radius 2 is 2.06 bits per heavy atom. The Morgan fingerprint density at radius 3 is 2.56 bits per heavy atom. The number of nitrogens with two attached hydrogens (primary N) is 1. The van der Waals surface area contributed by atoms with E-state index in [9.17, 15) is 14.4 Å². The summed E-state index contributed by atoms with van der Waals surface area (Å²) in [4.78, 5) is 31.4. The normalized spacial score (nSPS) is 13.9. The molecule has 5 N–H and O–H groups in total. The van der Waals surface area contributed by atoms with Crippen molar-refractivity contribution in [3.05, 3.63) is 0 Å². The summed E-state index contributed by atoms with van der Waals surface area (Å²) in [5.41, 5.74) is 5.22. The van der Waals surface area contributed by atoms with Crippen LogP contribution < -0.4 is 11.1 Å². The van der Waals surface area contributed by atoms with Gasteiger partial charge < -0.3 is 26.1 Å². The second kappa shape index (κ2) is 7.77. The molecule has 7 nitrogen and oxygen atoms in total. The minimum absolute atomic E-state index is 0.0648. The van der Waals surface area contributed by atoms with Gasteiger partial charge in [0.15, 0.2) is 6.10 Å². The highest BCUT2D eigenvalue weighted by atomic mass is 16.4. The van der Waals surface area contributed by atoms with Crippen LogP contribution >= 0.6 is 0 Å². The number of nitrogens with one attached hydrogen (secondary N) is 1. The highest BCUT2D eigenvalue weighted by Gasteiger charge is 2.12. The minimum atomic E-state index is -1.41. The van der Waals surface area contributed by atoms with Crippen molar-refractivity contribution in [1.82, 2.24) is 5.32 Å². The lowest BCUT2D eigenvalue weighted by atomic mass is 10.2. The average molecular weight is 232 g/mol. The van der Waals surface area contributed by atoms with E-state index in [1.165, 1.54) is 0 Å². The summed E-state index contributed by atoms with van der Waals surface area (Å²) < 4.78 is 0. The van der Waals surface area contributed by atoms with Gasteiger partial charge in [0.2, 0.25) is 5.91 Å². The van der Waals surface area contributed by atoms with Crippen LogP contribution in [0, 0.1) is 0 Å². The van der Waals surface area contributed by atoms with E-state index in [2.05, 4.69) is 5.32 Å². The van der Waals surface area contributed by atoms with E-state index in [0.29, 0.717) is 12.7 Å². The van der Waals surface area contributed by atoms with Gasteiger partial charge >= 0.3 is 5.97 Å². The van der Waals surface area contributed by atoms with Crippen molar-refractivity contribution in [1.29, 1.82) is 0 Å². The largest absolute Gasteiger partial charge is 0.479 e. The Balaban J connectivity index is 3.55. The Hall–Kier alpha value is -1.47. The Labute approximate surface area is 92.6 Å². The molecule has 0 aromatic rings. The first-order valence-corrected chi connectivity index (χ1v) is 4.85. The maximum absolute atomic E-state index is 11.1. The minimum Gasteiger partial charge on any atom is -0.479 e. The number of aldehydes is 1. The van der Waals surface area contributed by atoms with Crippen LogP contribution in [0.4, 0.5) is 0 Å². The van der Waals surface area contributed by atoms with E-state index >= 15 is 0 Å². The fourth-order valence-corrected chi connectivity index (χ4v) is 0.981. The third-order valence-electron chi connectivity index (χ3n) is 1.86. The molecule has 2 atom stereocenters. The number of carbonyl (C=O) groups excluding carboxylic acids is 2. The van der Waals surface area contributed by atoms with Gasteiger partial charge in [-0.3, -0.25) is 4.79 Å². The van der Waals surface area contributed by atoms with Crippen LogP contribution in [0.15, 0.2) is 0 Å². The smallest absolute Gasteiger partial charge is 0.332 e. The van der Waals surface area contributed by atoms with Gasteiger partial charge in [0, 0.05) is 13.0 Å². The molecule has 0 rings (SSSR count). The van der Waals surface area contributed by atoms with Gasteiger partial charge in [0.25, 0.3) is 0 Å². The van der Waals surface area contributed by atoms with Crippen molar-refractivity contribution < 1.29 is 24.6 Å². The number of aliphatic hydroxyl groups is 1. The van der Waals surface area contributed by atoms with Crippen molar-refractivity contribution in [3.8, 4) is 0 Å². The SMILES string of the molecule is N[C@H](C=O)CC(=O)NCCC[C@H](O)C(=O)O. The maximum atomic E-state index is 11.1. The van der Waals surface area contributed by atoms with Crippen LogP contribution in [-0.2, 0) is 14.4 Å².